The van der Waals surface area contributed by atoms with Crippen LogP contribution in [0.1, 0.15) is 41.8 Å². The van der Waals surface area contributed by atoms with Crippen LogP contribution in [-0.4, -0.2) is 57.7 Å². The molecule has 37 heavy (non-hydrogen) atoms. The number of aromatic nitrogens is 1. The van der Waals surface area contributed by atoms with E-state index >= 15 is 4.39 Å². The third-order valence-corrected chi connectivity index (χ3v) is 8.01. The second-order valence-electron chi connectivity index (χ2n) is 9.40. The fourth-order valence-corrected chi connectivity index (χ4v) is 5.94. The zero-order valence-electron chi connectivity index (χ0n) is 20.7. The summed E-state index contributed by atoms with van der Waals surface area (Å²) in [7, 11) is 0. The average molecular weight is 629 g/mol. The van der Waals surface area contributed by atoms with E-state index in [0.717, 1.165) is 22.2 Å². The molecule has 200 valence electrons. The summed E-state index contributed by atoms with van der Waals surface area (Å²) >= 11 is 2.32. The first-order valence-corrected chi connectivity index (χ1v) is 13.6. The van der Waals surface area contributed by atoms with Gasteiger partial charge in [0.05, 0.1) is 16.0 Å². The van der Waals surface area contributed by atoms with Gasteiger partial charge in [-0.2, -0.15) is 0 Å². The zero-order chi connectivity index (χ0) is 26.7. The Morgan fingerprint density at radius 1 is 1.27 bits per heavy atom. The topological polar surface area (TPSA) is 77.6 Å². The maximum atomic E-state index is 15.6. The van der Waals surface area contributed by atoms with E-state index < -0.39 is 30.2 Å². The summed E-state index contributed by atoms with van der Waals surface area (Å²) in [6.07, 6.45) is -1.88. The van der Waals surface area contributed by atoms with Crippen LogP contribution in [0.15, 0.2) is 36.4 Å². The van der Waals surface area contributed by atoms with Gasteiger partial charge in [0.1, 0.15) is 18.2 Å². The van der Waals surface area contributed by atoms with Crippen molar-refractivity contribution in [2.75, 3.05) is 26.2 Å². The van der Waals surface area contributed by atoms with Crippen LogP contribution < -0.4 is 10.1 Å². The highest BCUT2D eigenvalue weighted by Crippen LogP contribution is 2.45. The Morgan fingerprint density at radius 3 is 2.76 bits per heavy atom. The van der Waals surface area contributed by atoms with Gasteiger partial charge >= 0.3 is 5.97 Å². The molecule has 3 atom stereocenters. The molecule has 1 aliphatic heterocycles. The molecule has 1 aromatic heterocycles. The first kappa shape index (κ1) is 27.7. The van der Waals surface area contributed by atoms with Gasteiger partial charge in [-0.05, 0) is 42.7 Å². The lowest BCUT2D eigenvalue weighted by molar-refractivity contribution is -0.142. The van der Waals surface area contributed by atoms with Crippen molar-refractivity contribution >= 4 is 39.5 Å². The lowest BCUT2D eigenvalue weighted by Crippen LogP contribution is -2.44. The van der Waals surface area contributed by atoms with Gasteiger partial charge < -0.3 is 20.1 Å². The number of para-hydroxylation sites is 1. The van der Waals surface area contributed by atoms with Crippen molar-refractivity contribution in [3.63, 3.8) is 0 Å². The summed E-state index contributed by atoms with van der Waals surface area (Å²) in [5.74, 6) is -1.44. The minimum absolute atomic E-state index is 0.0569. The number of halogens is 4. The Labute approximate surface area is 227 Å². The summed E-state index contributed by atoms with van der Waals surface area (Å²) < 4.78 is 46.1. The molecule has 4 rings (SSSR count). The lowest BCUT2D eigenvalue weighted by atomic mass is 9.88. The van der Waals surface area contributed by atoms with Gasteiger partial charge in [-0.3, -0.25) is 9.69 Å². The monoisotopic (exact) mass is 629 g/mol. The maximum Gasteiger partial charge on any atom is 0.307 e. The molecule has 2 heterocycles. The molecule has 0 amide bonds. The van der Waals surface area contributed by atoms with Crippen LogP contribution in [-0.2, 0) is 11.2 Å². The third-order valence-electron chi connectivity index (χ3n) is 6.85. The van der Waals surface area contributed by atoms with Crippen molar-refractivity contribution in [2.24, 2.45) is 5.92 Å². The van der Waals surface area contributed by atoms with Crippen molar-refractivity contribution in [3.05, 3.63) is 64.6 Å². The number of nitrogens with zero attached hydrogens (tertiary/aromatic N) is 1. The number of hydrogen-bond acceptors (Lipinski definition) is 4. The van der Waals surface area contributed by atoms with Crippen LogP contribution in [0, 0.1) is 18.7 Å². The van der Waals surface area contributed by atoms with Gasteiger partial charge in [0.25, 0.3) is 0 Å². The maximum absolute atomic E-state index is 15.6. The van der Waals surface area contributed by atoms with E-state index in [2.05, 4.69) is 37.8 Å². The predicted octanol–water partition coefficient (Wildman–Crippen LogP) is 5.67. The van der Waals surface area contributed by atoms with E-state index in [4.69, 9.17) is 4.74 Å². The highest BCUT2D eigenvalue weighted by molar-refractivity contribution is 14.1. The number of carbonyl (C=O) groups is 1. The van der Waals surface area contributed by atoms with Gasteiger partial charge in [-0.25, -0.2) is 13.2 Å². The standard InChI is InChI=1S/C27H31F3IN3O3/c1-15(27(35)36)14-34-23(31)13-18-17-5-3-4-6-20(17)33-25(18)26(34)24-16(2)21(8-7-19(24)28)37-12-11-32-10-9-22(29)30/h3-8,15,22-23,26,32-33H,9-14H2,1-2H3,(H,35,36)/t15-,23-,26+/m0/s1. The molecule has 0 radical (unpaired) electrons. The van der Waals surface area contributed by atoms with Crippen LogP contribution in [0.3, 0.4) is 0 Å². The third kappa shape index (κ3) is 6.06. The average Bonchev–Trinajstić information content (AvgIpc) is 3.21. The molecular weight excluding hydrogens is 598 g/mol. The Balaban J connectivity index is 1.71. The molecule has 0 saturated carbocycles. The number of rotatable bonds is 11. The minimum Gasteiger partial charge on any atom is -0.492 e. The molecule has 0 bridgehead atoms. The summed E-state index contributed by atoms with van der Waals surface area (Å²) in [6, 6.07) is 10.4. The summed E-state index contributed by atoms with van der Waals surface area (Å²) in [5.41, 5.74) is 3.98. The van der Waals surface area contributed by atoms with Gasteiger partial charge in [0, 0.05) is 48.2 Å². The van der Waals surface area contributed by atoms with Gasteiger partial charge in [-0.1, -0.05) is 47.7 Å². The molecule has 0 spiro atoms. The second-order valence-corrected chi connectivity index (χ2v) is 10.8. The molecule has 10 heteroatoms. The molecule has 0 unspecified atom stereocenters. The summed E-state index contributed by atoms with van der Waals surface area (Å²) in [4.78, 5) is 17.3. The number of nitrogens with one attached hydrogen (secondary N) is 2. The lowest BCUT2D eigenvalue weighted by Gasteiger charge is -2.41. The molecule has 0 saturated heterocycles. The number of carboxylic acid groups (broad SMARTS) is 1. The van der Waals surface area contributed by atoms with E-state index in [0.29, 0.717) is 29.8 Å². The van der Waals surface area contributed by atoms with Crippen molar-refractivity contribution in [1.29, 1.82) is 0 Å². The largest absolute Gasteiger partial charge is 0.492 e. The fraction of sp³-hybridized carbons (Fsp3) is 0.444. The summed E-state index contributed by atoms with van der Waals surface area (Å²) in [5, 5.41) is 13.6. The number of alkyl halides is 3. The molecule has 0 aliphatic carbocycles. The van der Waals surface area contributed by atoms with E-state index in [-0.39, 0.29) is 30.2 Å². The number of fused-ring (bicyclic) bond motifs is 3. The van der Waals surface area contributed by atoms with Crippen molar-refractivity contribution in [1.82, 2.24) is 15.2 Å². The highest BCUT2D eigenvalue weighted by atomic mass is 127. The number of aromatic amines is 1. The number of aliphatic carboxylic acids is 1. The molecule has 6 nitrogen and oxygen atoms in total. The Kier molecular flexibility index (Phi) is 9.02. The van der Waals surface area contributed by atoms with Gasteiger partial charge in [0.2, 0.25) is 6.43 Å². The van der Waals surface area contributed by atoms with Crippen molar-refractivity contribution in [2.45, 2.75) is 43.2 Å². The van der Waals surface area contributed by atoms with Crippen molar-refractivity contribution < 1.29 is 27.8 Å². The summed E-state index contributed by atoms with van der Waals surface area (Å²) in [6.45, 7) is 4.52. The minimum atomic E-state index is -2.35. The number of hydrogen-bond donors (Lipinski definition) is 3. The normalized spacial score (nSPS) is 18.8. The first-order valence-electron chi connectivity index (χ1n) is 12.3. The van der Waals surface area contributed by atoms with Crippen molar-refractivity contribution in [3.8, 4) is 5.75 Å². The molecule has 0 fully saturated rings. The molecule has 1 aliphatic rings. The number of H-pyrrole nitrogens is 1. The number of carboxylic acids is 1. The van der Waals surface area contributed by atoms with E-state index in [9.17, 15) is 18.7 Å². The predicted molar refractivity (Wildman–Crippen MR) is 145 cm³/mol. The number of ether oxygens (including phenoxy) is 1. The van der Waals surface area contributed by atoms with E-state index in [1.807, 2.05) is 24.3 Å². The second kappa shape index (κ2) is 12.0. The molecule has 2 aromatic carbocycles. The highest BCUT2D eigenvalue weighted by Gasteiger charge is 2.40. The Hall–Kier alpha value is -2.31. The Morgan fingerprint density at radius 2 is 2.03 bits per heavy atom. The molecule has 3 aromatic rings. The SMILES string of the molecule is Cc1c(OCCNCCC(F)F)ccc(F)c1[C@@H]1c2[nH]c3ccccc3c2C[C@@H](I)N1C[C@H](C)C(=O)O. The van der Waals surface area contributed by atoms with Crippen LogP contribution in [0.25, 0.3) is 10.9 Å². The van der Waals surface area contributed by atoms with Crippen LogP contribution in [0.4, 0.5) is 13.2 Å². The van der Waals surface area contributed by atoms with Crippen LogP contribution >= 0.6 is 22.6 Å². The van der Waals surface area contributed by atoms with E-state index in [1.54, 1.807) is 19.9 Å². The first-order chi connectivity index (χ1) is 17.7. The smallest absolute Gasteiger partial charge is 0.307 e. The van der Waals surface area contributed by atoms with Crippen LogP contribution in [0.5, 0.6) is 5.75 Å². The van der Waals surface area contributed by atoms with E-state index in [1.165, 1.54) is 6.07 Å². The van der Waals surface area contributed by atoms with Gasteiger partial charge in [-0.15, -0.1) is 0 Å². The Bertz CT molecular complexity index is 1250. The quantitative estimate of drug-likeness (QED) is 0.110. The molecule has 3 N–H and O–H groups in total. The zero-order valence-corrected chi connectivity index (χ0v) is 22.9. The molecular formula is C27H31F3IN3O3. The van der Waals surface area contributed by atoms with Gasteiger partial charge in [0.15, 0.2) is 0 Å². The fourth-order valence-electron chi connectivity index (χ4n) is 4.95. The number of benzene rings is 2. The van der Waals surface area contributed by atoms with Crippen LogP contribution in [0.2, 0.25) is 0 Å².